The number of anilines is 1. The summed E-state index contributed by atoms with van der Waals surface area (Å²) < 4.78 is 76.7. The molecule has 1 atom stereocenters. The number of hydrogen-bond donors (Lipinski definition) is 2. The summed E-state index contributed by atoms with van der Waals surface area (Å²) in [5.74, 6) is -0.905. The van der Waals surface area contributed by atoms with Crippen LogP contribution >= 0.6 is 0 Å². The molecule has 2 N–H and O–H groups in total. The Labute approximate surface area is 214 Å². The van der Waals surface area contributed by atoms with Gasteiger partial charge >= 0.3 is 6.18 Å². The van der Waals surface area contributed by atoms with Gasteiger partial charge in [-0.3, -0.25) is 0 Å². The van der Waals surface area contributed by atoms with Crippen LogP contribution in [0.3, 0.4) is 0 Å². The second kappa shape index (κ2) is 9.78. The van der Waals surface area contributed by atoms with E-state index in [-0.39, 0.29) is 34.0 Å². The molecule has 38 heavy (non-hydrogen) atoms. The highest BCUT2D eigenvalue weighted by Crippen LogP contribution is 2.44. The molecule has 13 heteroatoms. The average Bonchev–Trinajstić information content (AvgIpc) is 3.26. The minimum Gasteiger partial charge on any atom is -0.496 e. The van der Waals surface area contributed by atoms with E-state index < -0.39 is 41.9 Å². The molecule has 0 saturated carbocycles. The average molecular weight is 537 g/mol. The fraction of sp³-hybridized carbons (Fsp3) is 0.360. The van der Waals surface area contributed by atoms with Gasteiger partial charge in [0, 0.05) is 5.56 Å². The van der Waals surface area contributed by atoms with E-state index >= 15 is 0 Å². The Kier molecular flexibility index (Phi) is 6.99. The highest BCUT2D eigenvalue weighted by atomic mass is 19.4. The van der Waals surface area contributed by atoms with Crippen LogP contribution in [0.1, 0.15) is 31.7 Å². The number of nitrogens with one attached hydrogen (secondary N) is 1. The number of hydrogen-bond acceptors (Lipinski definition) is 7. The van der Waals surface area contributed by atoms with Gasteiger partial charge in [-0.15, -0.1) is 0 Å². The van der Waals surface area contributed by atoms with Crippen LogP contribution in [0.15, 0.2) is 42.7 Å². The molecule has 4 rings (SSSR count). The molecule has 0 bridgehead atoms. The van der Waals surface area contributed by atoms with Crippen molar-refractivity contribution < 1.29 is 31.8 Å². The summed E-state index contributed by atoms with van der Waals surface area (Å²) in [5, 5.41) is 18.0. The molecular formula is C25H25F5N6O2. The highest BCUT2D eigenvalue weighted by Gasteiger charge is 2.56. The molecule has 0 aliphatic heterocycles. The van der Waals surface area contributed by atoms with E-state index in [0.717, 1.165) is 18.2 Å². The van der Waals surface area contributed by atoms with E-state index in [1.54, 1.807) is 6.92 Å². The van der Waals surface area contributed by atoms with E-state index in [1.165, 1.54) is 50.2 Å². The number of halogens is 5. The lowest BCUT2D eigenvalue weighted by Crippen LogP contribution is -2.53. The molecule has 1 aromatic carbocycles. The summed E-state index contributed by atoms with van der Waals surface area (Å²) in [6.45, 7) is 3.51. The molecule has 0 aliphatic carbocycles. The van der Waals surface area contributed by atoms with Crippen molar-refractivity contribution in [1.82, 2.24) is 24.7 Å². The van der Waals surface area contributed by atoms with E-state index in [1.807, 2.05) is 0 Å². The van der Waals surface area contributed by atoms with Gasteiger partial charge in [-0.05, 0) is 49.1 Å². The maximum atomic E-state index is 14.3. The van der Waals surface area contributed by atoms with E-state index in [4.69, 9.17) is 4.74 Å². The van der Waals surface area contributed by atoms with Gasteiger partial charge in [-0.1, -0.05) is 13.8 Å². The fourth-order valence-electron chi connectivity index (χ4n) is 4.36. The van der Waals surface area contributed by atoms with E-state index in [0.29, 0.717) is 5.69 Å². The number of ether oxygens (including phenoxy) is 1. The molecule has 0 aliphatic rings. The van der Waals surface area contributed by atoms with Gasteiger partial charge in [-0.25, -0.2) is 24.0 Å². The number of pyridine rings is 1. The first kappa shape index (κ1) is 27.2. The lowest BCUT2D eigenvalue weighted by molar-refractivity contribution is -0.260. The zero-order valence-electron chi connectivity index (χ0n) is 20.9. The van der Waals surface area contributed by atoms with Gasteiger partial charge in [0.2, 0.25) is 5.95 Å². The van der Waals surface area contributed by atoms with Crippen LogP contribution in [0.5, 0.6) is 5.75 Å². The molecule has 1 unspecified atom stereocenters. The van der Waals surface area contributed by atoms with Crippen LogP contribution in [0.4, 0.5) is 27.8 Å². The lowest BCUT2D eigenvalue weighted by atomic mass is 9.74. The fourth-order valence-corrected chi connectivity index (χ4v) is 4.36. The molecule has 0 radical (unpaired) electrons. The van der Waals surface area contributed by atoms with E-state index in [9.17, 15) is 27.1 Å². The standard InChI is InChI=1S/C25H25F5N6O2/c1-14-34-21(17-11-33-36(22(17)35-14)16-6-8-20(27)31-10-16)32-13-24(37,25(28,29)30)12-23(2,3)18-9-15(26)5-7-19(18)38-4/h5-11,37H,12-13H2,1-4H3,(H,32,34,35). The van der Waals surface area contributed by atoms with Crippen molar-refractivity contribution in [3.05, 3.63) is 65.9 Å². The van der Waals surface area contributed by atoms with Gasteiger partial charge in [0.1, 0.15) is 23.2 Å². The van der Waals surface area contributed by atoms with Gasteiger partial charge in [0.15, 0.2) is 11.2 Å². The van der Waals surface area contributed by atoms with Crippen molar-refractivity contribution in [2.45, 2.75) is 44.4 Å². The predicted octanol–water partition coefficient (Wildman–Crippen LogP) is 4.88. The van der Waals surface area contributed by atoms with Gasteiger partial charge in [0.05, 0.1) is 37.1 Å². The Morgan fingerprint density at radius 1 is 1.05 bits per heavy atom. The Hall–Kier alpha value is -3.87. The molecule has 4 aromatic rings. The number of benzene rings is 1. The van der Waals surface area contributed by atoms with Crippen molar-refractivity contribution in [3.63, 3.8) is 0 Å². The Bertz CT molecular complexity index is 1460. The Morgan fingerprint density at radius 2 is 1.79 bits per heavy atom. The number of alkyl halides is 3. The predicted molar refractivity (Wildman–Crippen MR) is 129 cm³/mol. The maximum absolute atomic E-state index is 14.3. The molecule has 0 fully saturated rings. The molecule has 3 heterocycles. The van der Waals surface area contributed by atoms with Gasteiger partial charge in [-0.2, -0.15) is 22.7 Å². The third-order valence-corrected chi connectivity index (χ3v) is 6.20. The third-order valence-electron chi connectivity index (χ3n) is 6.20. The monoisotopic (exact) mass is 536 g/mol. The summed E-state index contributed by atoms with van der Waals surface area (Å²) >= 11 is 0. The quantitative estimate of drug-likeness (QED) is 0.245. The van der Waals surface area contributed by atoms with Crippen LogP contribution in [-0.2, 0) is 5.41 Å². The summed E-state index contributed by atoms with van der Waals surface area (Å²) in [6, 6.07) is 6.12. The molecule has 3 aromatic heterocycles. The first-order valence-corrected chi connectivity index (χ1v) is 11.5. The number of nitrogens with zero attached hydrogens (tertiary/aromatic N) is 5. The van der Waals surface area contributed by atoms with Crippen LogP contribution < -0.4 is 10.1 Å². The van der Waals surface area contributed by atoms with Crippen molar-refractivity contribution >= 4 is 16.9 Å². The highest BCUT2D eigenvalue weighted by molar-refractivity contribution is 5.87. The summed E-state index contributed by atoms with van der Waals surface area (Å²) in [5.41, 5.74) is -3.79. The van der Waals surface area contributed by atoms with Crippen molar-refractivity contribution in [2.24, 2.45) is 0 Å². The van der Waals surface area contributed by atoms with Gasteiger partial charge in [0.25, 0.3) is 0 Å². The molecule has 8 nitrogen and oxygen atoms in total. The van der Waals surface area contributed by atoms with Crippen LogP contribution in [-0.4, -0.2) is 55.3 Å². The summed E-state index contributed by atoms with van der Waals surface area (Å²) in [6.07, 6.45) is -3.29. The van der Waals surface area contributed by atoms with Crippen LogP contribution in [0.2, 0.25) is 0 Å². The first-order chi connectivity index (χ1) is 17.7. The second-order valence-electron chi connectivity index (χ2n) is 9.54. The number of aliphatic hydroxyl groups is 1. The first-order valence-electron chi connectivity index (χ1n) is 11.5. The largest absolute Gasteiger partial charge is 0.496 e. The zero-order chi connectivity index (χ0) is 27.9. The number of fused-ring (bicyclic) bond motifs is 1. The molecule has 0 saturated heterocycles. The number of aromatic nitrogens is 5. The number of aryl methyl sites for hydroxylation is 1. The number of methoxy groups -OCH3 is 1. The molecule has 0 amide bonds. The topological polar surface area (TPSA) is 98.0 Å². The normalized spacial score (nSPS) is 13.9. The smallest absolute Gasteiger partial charge is 0.418 e. The van der Waals surface area contributed by atoms with Crippen molar-refractivity contribution in [1.29, 1.82) is 0 Å². The minimum absolute atomic E-state index is 0.0117. The molecule has 202 valence electrons. The van der Waals surface area contributed by atoms with E-state index in [2.05, 4.69) is 25.4 Å². The Balaban J connectivity index is 1.68. The van der Waals surface area contributed by atoms with Gasteiger partial charge < -0.3 is 15.2 Å². The van der Waals surface area contributed by atoms with Crippen LogP contribution in [0.25, 0.3) is 16.7 Å². The number of rotatable bonds is 8. The third kappa shape index (κ3) is 5.23. The Morgan fingerprint density at radius 3 is 2.42 bits per heavy atom. The van der Waals surface area contributed by atoms with Crippen molar-refractivity contribution in [2.75, 3.05) is 19.0 Å². The SMILES string of the molecule is COc1ccc(F)cc1C(C)(C)CC(O)(CNc1nc(C)nc2c1cnn2-c1ccc(F)nc1)C(F)(F)F. The molecular weight excluding hydrogens is 511 g/mol. The van der Waals surface area contributed by atoms with Crippen LogP contribution in [0, 0.1) is 18.7 Å². The minimum atomic E-state index is -5.05. The molecule has 0 spiro atoms. The second-order valence-corrected chi connectivity index (χ2v) is 9.54. The summed E-state index contributed by atoms with van der Waals surface area (Å²) in [7, 11) is 1.33. The van der Waals surface area contributed by atoms with Crippen molar-refractivity contribution in [3.8, 4) is 11.4 Å². The zero-order valence-corrected chi connectivity index (χ0v) is 20.9. The lowest BCUT2D eigenvalue weighted by Gasteiger charge is -2.38. The summed E-state index contributed by atoms with van der Waals surface area (Å²) in [4.78, 5) is 12.1. The maximum Gasteiger partial charge on any atom is 0.418 e.